The maximum atomic E-state index is 6.52. The van der Waals surface area contributed by atoms with Gasteiger partial charge in [-0.05, 0) is 95.7 Å². The lowest BCUT2D eigenvalue weighted by Gasteiger charge is -2.29. The average molecular weight is 738 g/mol. The number of hydrogen-bond donors (Lipinski definition) is 0. The van der Waals surface area contributed by atoms with Gasteiger partial charge in [0.05, 0.1) is 11.4 Å². The van der Waals surface area contributed by atoms with Gasteiger partial charge in [-0.2, -0.15) is 0 Å². The smallest absolute Gasteiger partial charge is 0.137 e. The molecule has 0 amide bonds. The maximum absolute atomic E-state index is 6.52. The molecular formula is C56H35NO. The van der Waals surface area contributed by atoms with Crippen molar-refractivity contribution in [1.82, 2.24) is 0 Å². The number of furan rings is 1. The standard InChI is InChI=1S/C56H35NO/c1-3-17-39-36(14-1)16-13-26-41(39)46-30-31-47(44-21-6-5-20-43(44)46)48-32-33-53(49-23-9-8-22-45(48)49)57(38-28-29-52-51-25-11-12-27-55(51)58-56(52)35-38)54-34-37-15-2-4-18-40(37)42-19-7-10-24-50(42)54/h1-35H. The zero-order chi connectivity index (χ0) is 38.2. The molecule has 0 atom stereocenters. The third-order valence-electron chi connectivity index (χ3n) is 12.0. The Hall–Kier alpha value is -7.68. The van der Waals surface area contributed by atoms with E-state index < -0.39 is 0 Å². The minimum atomic E-state index is 0.868. The Morgan fingerprint density at radius 1 is 0.259 bits per heavy atom. The van der Waals surface area contributed by atoms with Crippen LogP contribution in [0.3, 0.4) is 0 Å². The first kappa shape index (κ1) is 32.6. The van der Waals surface area contributed by atoms with E-state index in [0.717, 1.165) is 39.0 Å². The van der Waals surface area contributed by atoms with Crippen LogP contribution in [-0.4, -0.2) is 0 Å². The molecular weight excluding hydrogens is 703 g/mol. The largest absolute Gasteiger partial charge is 0.456 e. The number of para-hydroxylation sites is 1. The van der Waals surface area contributed by atoms with Gasteiger partial charge in [-0.3, -0.25) is 0 Å². The summed E-state index contributed by atoms with van der Waals surface area (Å²) >= 11 is 0. The normalized spacial score (nSPS) is 11.8. The minimum Gasteiger partial charge on any atom is -0.456 e. The van der Waals surface area contributed by atoms with Gasteiger partial charge >= 0.3 is 0 Å². The lowest BCUT2D eigenvalue weighted by atomic mass is 9.88. The summed E-state index contributed by atoms with van der Waals surface area (Å²) in [4.78, 5) is 2.44. The first-order valence-corrected chi connectivity index (χ1v) is 19.9. The highest BCUT2D eigenvalue weighted by Gasteiger charge is 2.22. The van der Waals surface area contributed by atoms with Crippen LogP contribution < -0.4 is 4.90 Å². The Labute approximate surface area is 335 Å². The highest BCUT2D eigenvalue weighted by molar-refractivity contribution is 6.18. The van der Waals surface area contributed by atoms with Gasteiger partial charge < -0.3 is 9.32 Å². The molecule has 0 unspecified atom stereocenters. The zero-order valence-electron chi connectivity index (χ0n) is 31.6. The second kappa shape index (κ2) is 12.9. The molecule has 0 fully saturated rings. The molecule has 11 aromatic carbocycles. The van der Waals surface area contributed by atoms with Crippen LogP contribution in [0.15, 0.2) is 217 Å². The van der Waals surface area contributed by atoms with Crippen LogP contribution in [0.5, 0.6) is 0 Å². The summed E-state index contributed by atoms with van der Waals surface area (Å²) in [6.45, 7) is 0. The predicted octanol–water partition coefficient (Wildman–Crippen LogP) is 16.2. The molecule has 2 heteroatoms. The first-order valence-electron chi connectivity index (χ1n) is 19.9. The van der Waals surface area contributed by atoms with E-state index in [-0.39, 0.29) is 0 Å². The number of benzene rings is 11. The molecule has 0 bridgehead atoms. The molecule has 270 valence electrons. The fourth-order valence-electron chi connectivity index (χ4n) is 9.42. The van der Waals surface area contributed by atoms with Crippen molar-refractivity contribution in [1.29, 1.82) is 0 Å². The summed E-state index contributed by atoms with van der Waals surface area (Å²) in [6, 6.07) is 77.2. The topological polar surface area (TPSA) is 16.4 Å². The van der Waals surface area contributed by atoms with Crippen molar-refractivity contribution in [3.63, 3.8) is 0 Å². The Kier molecular flexibility index (Phi) is 7.26. The van der Waals surface area contributed by atoms with Crippen molar-refractivity contribution in [3.8, 4) is 22.3 Å². The number of hydrogen-bond acceptors (Lipinski definition) is 2. The monoisotopic (exact) mass is 737 g/mol. The van der Waals surface area contributed by atoms with Gasteiger partial charge in [0.1, 0.15) is 11.2 Å². The van der Waals surface area contributed by atoms with Crippen molar-refractivity contribution < 1.29 is 4.42 Å². The van der Waals surface area contributed by atoms with Gasteiger partial charge in [-0.15, -0.1) is 0 Å². The summed E-state index contributed by atoms with van der Waals surface area (Å²) in [5, 5.41) is 14.5. The molecule has 2 nitrogen and oxygen atoms in total. The van der Waals surface area contributed by atoms with E-state index in [2.05, 4.69) is 205 Å². The summed E-state index contributed by atoms with van der Waals surface area (Å²) < 4.78 is 6.52. The van der Waals surface area contributed by atoms with Gasteiger partial charge in [0.25, 0.3) is 0 Å². The van der Waals surface area contributed by atoms with Crippen molar-refractivity contribution in [3.05, 3.63) is 212 Å². The fraction of sp³-hybridized carbons (Fsp3) is 0. The lowest BCUT2D eigenvalue weighted by Crippen LogP contribution is -2.11. The van der Waals surface area contributed by atoms with E-state index >= 15 is 0 Å². The Morgan fingerprint density at radius 2 is 0.741 bits per heavy atom. The van der Waals surface area contributed by atoms with Gasteiger partial charge in [0, 0.05) is 33.3 Å². The molecule has 0 saturated carbocycles. The SMILES string of the molecule is c1ccc2c(-c3ccc(-c4ccc(N(c5ccc6c(c5)oc5ccccc56)c5cc6ccccc6c6ccccc56)c5ccccc45)c4ccccc34)cccc2c1. The second-order valence-corrected chi connectivity index (χ2v) is 15.2. The predicted molar refractivity (Wildman–Crippen MR) is 247 cm³/mol. The quantitative estimate of drug-likeness (QED) is 0.164. The van der Waals surface area contributed by atoms with Crippen LogP contribution in [0, 0.1) is 0 Å². The maximum Gasteiger partial charge on any atom is 0.137 e. The van der Waals surface area contributed by atoms with Crippen molar-refractivity contribution in [2.75, 3.05) is 4.90 Å². The van der Waals surface area contributed by atoms with Crippen molar-refractivity contribution in [2.45, 2.75) is 0 Å². The first-order chi connectivity index (χ1) is 28.8. The van der Waals surface area contributed by atoms with Crippen LogP contribution in [0.4, 0.5) is 17.1 Å². The number of fused-ring (bicyclic) bond motifs is 9. The van der Waals surface area contributed by atoms with Gasteiger partial charge in [0.2, 0.25) is 0 Å². The number of anilines is 3. The highest BCUT2D eigenvalue weighted by atomic mass is 16.3. The average Bonchev–Trinajstić information content (AvgIpc) is 3.67. The van der Waals surface area contributed by atoms with E-state index in [0.29, 0.717) is 0 Å². The van der Waals surface area contributed by atoms with E-state index in [1.165, 1.54) is 76.1 Å². The number of rotatable bonds is 5. The number of nitrogens with zero attached hydrogens (tertiary/aromatic N) is 1. The molecule has 12 aromatic rings. The van der Waals surface area contributed by atoms with E-state index in [9.17, 15) is 0 Å². The molecule has 0 N–H and O–H groups in total. The van der Waals surface area contributed by atoms with Crippen LogP contribution >= 0.6 is 0 Å². The Bertz CT molecular complexity index is 3590. The summed E-state index contributed by atoms with van der Waals surface area (Å²) in [7, 11) is 0. The van der Waals surface area contributed by atoms with Crippen LogP contribution in [0.25, 0.3) is 98.1 Å². The summed E-state index contributed by atoms with van der Waals surface area (Å²) in [5.74, 6) is 0. The molecule has 0 radical (unpaired) electrons. The van der Waals surface area contributed by atoms with Crippen LogP contribution in [-0.2, 0) is 0 Å². The van der Waals surface area contributed by atoms with E-state index in [1.807, 2.05) is 12.1 Å². The molecule has 12 rings (SSSR count). The van der Waals surface area contributed by atoms with Crippen molar-refractivity contribution >= 4 is 92.9 Å². The second-order valence-electron chi connectivity index (χ2n) is 15.2. The Morgan fingerprint density at radius 3 is 1.47 bits per heavy atom. The Balaban J connectivity index is 1.11. The van der Waals surface area contributed by atoms with Crippen LogP contribution in [0.1, 0.15) is 0 Å². The lowest BCUT2D eigenvalue weighted by molar-refractivity contribution is 0.669. The molecule has 1 aromatic heterocycles. The van der Waals surface area contributed by atoms with Gasteiger partial charge in [0.15, 0.2) is 0 Å². The third-order valence-corrected chi connectivity index (χ3v) is 12.0. The summed E-state index contributed by atoms with van der Waals surface area (Å²) in [5.41, 5.74) is 9.94. The molecule has 1 heterocycles. The van der Waals surface area contributed by atoms with E-state index in [4.69, 9.17) is 4.42 Å². The molecule has 0 aliphatic carbocycles. The van der Waals surface area contributed by atoms with Gasteiger partial charge in [-0.25, -0.2) is 0 Å². The molecule has 58 heavy (non-hydrogen) atoms. The van der Waals surface area contributed by atoms with Crippen LogP contribution in [0.2, 0.25) is 0 Å². The molecule has 0 saturated heterocycles. The van der Waals surface area contributed by atoms with E-state index in [1.54, 1.807) is 0 Å². The highest BCUT2D eigenvalue weighted by Crippen LogP contribution is 2.48. The van der Waals surface area contributed by atoms with Gasteiger partial charge in [-0.1, -0.05) is 176 Å². The minimum absolute atomic E-state index is 0.868. The molecule has 0 aliphatic rings. The third kappa shape index (κ3) is 4.99. The zero-order valence-corrected chi connectivity index (χ0v) is 31.6. The molecule has 0 aliphatic heterocycles. The van der Waals surface area contributed by atoms with Crippen molar-refractivity contribution in [2.24, 2.45) is 0 Å². The fourth-order valence-corrected chi connectivity index (χ4v) is 9.42. The molecule has 0 spiro atoms. The summed E-state index contributed by atoms with van der Waals surface area (Å²) in [6.07, 6.45) is 0.